The summed E-state index contributed by atoms with van der Waals surface area (Å²) in [6.45, 7) is 0. The van der Waals surface area contributed by atoms with E-state index in [4.69, 9.17) is 17.3 Å². The molecule has 3 heterocycles. The molecule has 0 saturated carbocycles. The van der Waals surface area contributed by atoms with Gasteiger partial charge in [-0.2, -0.15) is 5.10 Å². The van der Waals surface area contributed by atoms with Crippen molar-refractivity contribution in [2.24, 2.45) is 7.05 Å². The molecule has 0 aliphatic rings. The van der Waals surface area contributed by atoms with Crippen LogP contribution in [0, 0.1) is 0 Å². The first-order valence-electron chi connectivity index (χ1n) is 6.36. The molecule has 104 valence electrons. The molecule has 0 spiro atoms. The van der Waals surface area contributed by atoms with Crippen LogP contribution in [0.1, 0.15) is 0 Å². The number of aromatic nitrogens is 5. The molecule has 6 nitrogen and oxygen atoms in total. The summed E-state index contributed by atoms with van der Waals surface area (Å²) in [7, 11) is 1.95. The van der Waals surface area contributed by atoms with E-state index in [-0.39, 0.29) is 0 Å². The van der Waals surface area contributed by atoms with Gasteiger partial charge in [0, 0.05) is 18.0 Å². The first-order valence-corrected chi connectivity index (χ1v) is 6.74. The summed E-state index contributed by atoms with van der Waals surface area (Å²) in [6.07, 6.45) is 1.39. The van der Waals surface area contributed by atoms with Crippen LogP contribution < -0.4 is 5.73 Å². The van der Waals surface area contributed by atoms with Crippen LogP contribution in [-0.2, 0) is 7.05 Å². The van der Waals surface area contributed by atoms with Gasteiger partial charge in [-0.15, -0.1) is 0 Å². The maximum atomic E-state index is 6.56. The van der Waals surface area contributed by atoms with Crippen molar-refractivity contribution in [1.29, 1.82) is 0 Å². The Kier molecular flexibility index (Phi) is 2.43. The van der Waals surface area contributed by atoms with E-state index >= 15 is 0 Å². The van der Waals surface area contributed by atoms with Crippen LogP contribution in [-0.4, -0.2) is 24.7 Å². The van der Waals surface area contributed by atoms with Gasteiger partial charge < -0.3 is 10.3 Å². The number of halogens is 1. The third-order valence-electron chi connectivity index (χ3n) is 3.66. The van der Waals surface area contributed by atoms with Crippen LogP contribution in [0.4, 0.5) is 5.82 Å². The average molecular weight is 299 g/mol. The number of fused-ring (bicyclic) bond motifs is 2. The van der Waals surface area contributed by atoms with Crippen molar-refractivity contribution in [3.05, 3.63) is 35.6 Å². The van der Waals surface area contributed by atoms with E-state index in [9.17, 15) is 0 Å². The fraction of sp³-hybridized carbons (Fsp3) is 0.0714. The number of para-hydroxylation sites is 1. The summed E-state index contributed by atoms with van der Waals surface area (Å²) in [5.41, 5.74) is 9.08. The molecule has 1 aromatic carbocycles. The fourth-order valence-corrected chi connectivity index (χ4v) is 3.06. The minimum absolute atomic E-state index is 0.380. The van der Waals surface area contributed by atoms with Gasteiger partial charge in [0.1, 0.15) is 12.1 Å². The Hall–Kier alpha value is -2.60. The smallest absolute Gasteiger partial charge is 0.186 e. The number of nitrogens with two attached hydrogens (primary N) is 1. The summed E-state index contributed by atoms with van der Waals surface area (Å²) in [4.78, 5) is 8.15. The van der Waals surface area contributed by atoms with Crippen molar-refractivity contribution >= 4 is 39.4 Å². The zero-order valence-electron chi connectivity index (χ0n) is 11.1. The summed E-state index contributed by atoms with van der Waals surface area (Å²) in [5, 5.41) is 9.48. The molecule has 3 aromatic heterocycles. The number of benzene rings is 1. The molecule has 21 heavy (non-hydrogen) atoms. The van der Waals surface area contributed by atoms with Gasteiger partial charge in [0.15, 0.2) is 5.65 Å². The number of nitrogen functional groups attached to an aromatic ring is 1. The average Bonchev–Trinajstić information content (AvgIpc) is 3.01. The minimum Gasteiger partial charge on any atom is -0.383 e. The van der Waals surface area contributed by atoms with E-state index in [1.54, 1.807) is 0 Å². The summed E-state index contributed by atoms with van der Waals surface area (Å²) >= 11 is 6.56. The molecule has 0 radical (unpaired) electrons. The molecular weight excluding hydrogens is 288 g/mol. The molecule has 0 aliphatic heterocycles. The highest BCUT2D eigenvalue weighted by Gasteiger charge is 2.20. The monoisotopic (exact) mass is 298 g/mol. The van der Waals surface area contributed by atoms with Crippen molar-refractivity contribution in [1.82, 2.24) is 24.7 Å². The first kappa shape index (κ1) is 12.2. The fourth-order valence-electron chi connectivity index (χ4n) is 2.67. The molecule has 0 saturated heterocycles. The molecular formula is C14H11ClN6. The van der Waals surface area contributed by atoms with E-state index in [2.05, 4.69) is 20.2 Å². The number of anilines is 1. The molecule has 0 fully saturated rings. The van der Waals surface area contributed by atoms with Crippen LogP contribution in [0.25, 0.3) is 33.3 Å². The Balaban J connectivity index is 2.15. The number of hydrogen-bond acceptors (Lipinski definition) is 4. The van der Waals surface area contributed by atoms with Gasteiger partial charge in [0.25, 0.3) is 0 Å². The zero-order valence-corrected chi connectivity index (χ0v) is 11.9. The summed E-state index contributed by atoms with van der Waals surface area (Å²) in [6, 6.07) is 7.94. The molecule has 4 rings (SSSR count). The number of aryl methyl sites for hydroxylation is 1. The second kappa shape index (κ2) is 4.20. The predicted octanol–water partition coefficient (Wildman–Crippen LogP) is 2.75. The zero-order chi connectivity index (χ0) is 14.6. The quantitative estimate of drug-likeness (QED) is 0.566. The lowest BCUT2D eigenvalue weighted by molar-refractivity contribution is 0.965. The van der Waals surface area contributed by atoms with Crippen molar-refractivity contribution in [2.75, 3.05) is 5.73 Å². The third kappa shape index (κ3) is 1.56. The van der Waals surface area contributed by atoms with Crippen LogP contribution in [0.2, 0.25) is 5.02 Å². The van der Waals surface area contributed by atoms with Crippen LogP contribution >= 0.6 is 11.6 Å². The Labute approximate surface area is 124 Å². The standard InChI is InChI=1S/C14H11ClN6/c1-21-8-5-3-2-4-7(8)10(15)12(21)11-9-13(16)17-6-18-14(9)20-19-11/h2-6H,1H3,(H3,16,17,18,19,20). The Morgan fingerprint density at radius 2 is 2.05 bits per heavy atom. The highest BCUT2D eigenvalue weighted by molar-refractivity contribution is 6.38. The molecule has 0 aliphatic carbocycles. The summed E-state index contributed by atoms with van der Waals surface area (Å²) in [5.74, 6) is 0.380. The number of nitrogens with zero attached hydrogens (tertiary/aromatic N) is 4. The van der Waals surface area contributed by atoms with Gasteiger partial charge in [-0.05, 0) is 6.07 Å². The molecule has 0 unspecified atom stereocenters. The number of nitrogens with one attached hydrogen (secondary N) is 1. The largest absolute Gasteiger partial charge is 0.383 e. The highest BCUT2D eigenvalue weighted by atomic mass is 35.5. The first-order chi connectivity index (χ1) is 10.2. The Morgan fingerprint density at radius 1 is 1.24 bits per heavy atom. The minimum atomic E-state index is 0.380. The lowest BCUT2D eigenvalue weighted by Gasteiger charge is -2.04. The molecule has 3 N–H and O–H groups in total. The predicted molar refractivity (Wildman–Crippen MR) is 83.0 cm³/mol. The van der Waals surface area contributed by atoms with Crippen molar-refractivity contribution in [2.45, 2.75) is 0 Å². The van der Waals surface area contributed by atoms with Crippen LogP contribution in [0.5, 0.6) is 0 Å². The van der Waals surface area contributed by atoms with Crippen LogP contribution in [0.3, 0.4) is 0 Å². The van der Waals surface area contributed by atoms with E-state index in [1.807, 2.05) is 35.9 Å². The second-order valence-electron chi connectivity index (χ2n) is 4.79. The highest BCUT2D eigenvalue weighted by Crippen LogP contribution is 2.39. The van der Waals surface area contributed by atoms with Gasteiger partial charge in [-0.25, -0.2) is 9.97 Å². The lowest BCUT2D eigenvalue weighted by atomic mass is 10.2. The van der Waals surface area contributed by atoms with Gasteiger partial charge in [0.2, 0.25) is 0 Å². The van der Waals surface area contributed by atoms with Gasteiger partial charge >= 0.3 is 0 Å². The van der Waals surface area contributed by atoms with E-state index < -0.39 is 0 Å². The van der Waals surface area contributed by atoms with Crippen molar-refractivity contribution in [3.63, 3.8) is 0 Å². The molecule has 7 heteroatoms. The third-order valence-corrected chi connectivity index (χ3v) is 4.04. The lowest BCUT2D eigenvalue weighted by Crippen LogP contribution is -1.95. The maximum Gasteiger partial charge on any atom is 0.186 e. The SMILES string of the molecule is Cn1c(-c2[nH]nc3ncnc(N)c23)c(Cl)c2ccccc21. The normalized spacial score (nSPS) is 11.5. The van der Waals surface area contributed by atoms with Gasteiger partial charge in [-0.3, -0.25) is 5.10 Å². The molecule has 0 bridgehead atoms. The molecule has 0 atom stereocenters. The molecule has 0 amide bonds. The van der Waals surface area contributed by atoms with E-state index in [0.717, 1.165) is 22.3 Å². The van der Waals surface area contributed by atoms with Crippen molar-refractivity contribution in [3.8, 4) is 11.4 Å². The number of hydrogen-bond donors (Lipinski definition) is 2. The number of rotatable bonds is 1. The van der Waals surface area contributed by atoms with Gasteiger partial charge in [-0.1, -0.05) is 29.8 Å². The van der Waals surface area contributed by atoms with E-state index in [1.165, 1.54) is 6.33 Å². The number of aromatic amines is 1. The Morgan fingerprint density at radius 3 is 2.86 bits per heavy atom. The summed E-state index contributed by atoms with van der Waals surface area (Å²) < 4.78 is 2.01. The Bertz CT molecular complexity index is 945. The topological polar surface area (TPSA) is 85.4 Å². The second-order valence-corrected chi connectivity index (χ2v) is 5.17. The maximum absolute atomic E-state index is 6.56. The number of H-pyrrole nitrogens is 1. The molecule has 4 aromatic rings. The van der Waals surface area contributed by atoms with E-state index in [0.29, 0.717) is 21.9 Å². The van der Waals surface area contributed by atoms with Crippen LogP contribution in [0.15, 0.2) is 30.6 Å². The van der Waals surface area contributed by atoms with Gasteiger partial charge in [0.05, 0.1) is 21.8 Å². The van der Waals surface area contributed by atoms with Crippen molar-refractivity contribution < 1.29 is 0 Å².